The molecule has 0 aliphatic rings. The van der Waals surface area contributed by atoms with Gasteiger partial charge in [-0.2, -0.15) is 5.26 Å². The maximum Gasteiger partial charge on any atom is 0.0900 e. The van der Waals surface area contributed by atoms with Gasteiger partial charge in [0.15, 0.2) is 0 Å². The molecule has 0 saturated carbocycles. The summed E-state index contributed by atoms with van der Waals surface area (Å²) in [6.45, 7) is 9.73. The van der Waals surface area contributed by atoms with Crippen molar-refractivity contribution in [2.24, 2.45) is 5.92 Å². The van der Waals surface area contributed by atoms with Crippen molar-refractivity contribution < 1.29 is 9.84 Å². The summed E-state index contributed by atoms with van der Waals surface area (Å²) in [6, 6.07) is 2.15. The molecule has 0 aromatic heterocycles. The second kappa shape index (κ2) is 11.5. The molecule has 1 unspecified atom stereocenters. The van der Waals surface area contributed by atoms with Crippen LogP contribution in [0.3, 0.4) is 0 Å². The highest BCUT2D eigenvalue weighted by Gasteiger charge is 2.13. The predicted octanol–water partition coefficient (Wildman–Crippen LogP) is 2.04. The second-order valence-electron chi connectivity index (χ2n) is 5.14. The Labute approximate surface area is 112 Å². The number of aliphatic hydroxyl groups excluding tert-OH is 1. The minimum atomic E-state index is -0.459. The Kier molecular flexibility index (Phi) is 11.1. The standard InChI is InChI=1S/C14H28N2O2/c1-4-5-9-18-12-14(17)11-16(8-6-7-15)10-13(2)3/h13-14,17H,4-6,8-12H2,1-3H3. The van der Waals surface area contributed by atoms with Crippen LogP contribution in [0.5, 0.6) is 0 Å². The molecule has 0 aromatic carbocycles. The normalized spacial score (nSPS) is 12.9. The zero-order valence-electron chi connectivity index (χ0n) is 12.1. The summed E-state index contributed by atoms with van der Waals surface area (Å²) in [6.07, 6.45) is 2.20. The van der Waals surface area contributed by atoms with Crippen LogP contribution in [0, 0.1) is 17.2 Å². The summed E-state index contributed by atoms with van der Waals surface area (Å²) >= 11 is 0. The quantitative estimate of drug-likeness (QED) is 0.575. The zero-order chi connectivity index (χ0) is 13.8. The molecule has 0 rings (SSSR count). The van der Waals surface area contributed by atoms with Gasteiger partial charge in [0, 0.05) is 32.7 Å². The largest absolute Gasteiger partial charge is 0.389 e. The fourth-order valence-corrected chi connectivity index (χ4v) is 1.80. The number of nitrogens with zero attached hydrogens (tertiary/aromatic N) is 2. The van der Waals surface area contributed by atoms with Crippen LogP contribution >= 0.6 is 0 Å². The zero-order valence-corrected chi connectivity index (χ0v) is 12.1. The van der Waals surface area contributed by atoms with Gasteiger partial charge in [0.05, 0.1) is 18.8 Å². The van der Waals surface area contributed by atoms with Crippen LogP contribution in [0.25, 0.3) is 0 Å². The van der Waals surface area contributed by atoms with Gasteiger partial charge >= 0.3 is 0 Å². The summed E-state index contributed by atoms with van der Waals surface area (Å²) in [7, 11) is 0. The molecular formula is C14H28N2O2. The maximum atomic E-state index is 9.88. The van der Waals surface area contributed by atoms with Gasteiger partial charge in [-0.3, -0.25) is 4.90 Å². The van der Waals surface area contributed by atoms with Gasteiger partial charge in [0.2, 0.25) is 0 Å². The van der Waals surface area contributed by atoms with E-state index < -0.39 is 6.10 Å². The van der Waals surface area contributed by atoms with E-state index in [-0.39, 0.29) is 0 Å². The Morgan fingerprint density at radius 2 is 2.06 bits per heavy atom. The lowest BCUT2D eigenvalue weighted by molar-refractivity contribution is 0.0143. The molecule has 1 atom stereocenters. The van der Waals surface area contributed by atoms with Gasteiger partial charge in [-0.25, -0.2) is 0 Å². The summed E-state index contributed by atoms with van der Waals surface area (Å²) in [5.74, 6) is 0.539. The number of rotatable bonds is 11. The lowest BCUT2D eigenvalue weighted by Gasteiger charge is -2.25. The molecule has 0 spiro atoms. The van der Waals surface area contributed by atoms with E-state index in [9.17, 15) is 5.11 Å². The van der Waals surface area contributed by atoms with Crippen molar-refractivity contribution in [3.05, 3.63) is 0 Å². The van der Waals surface area contributed by atoms with E-state index in [1.54, 1.807) is 0 Å². The summed E-state index contributed by atoms with van der Waals surface area (Å²) < 4.78 is 5.40. The first kappa shape index (κ1) is 17.4. The molecular weight excluding hydrogens is 228 g/mol. The smallest absolute Gasteiger partial charge is 0.0900 e. The molecule has 1 N–H and O–H groups in total. The van der Waals surface area contributed by atoms with E-state index in [4.69, 9.17) is 10.00 Å². The number of unbranched alkanes of at least 4 members (excludes halogenated alkanes) is 1. The molecule has 18 heavy (non-hydrogen) atoms. The van der Waals surface area contributed by atoms with Crippen molar-refractivity contribution in [3.63, 3.8) is 0 Å². The fraction of sp³-hybridized carbons (Fsp3) is 0.929. The first-order valence-electron chi connectivity index (χ1n) is 6.95. The van der Waals surface area contributed by atoms with Crippen LogP contribution in [-0.4, -0.2) is 49.0 Å². The molecule has 0 fully saturated rings. The highest BCUT2D eigenvalue weighted by Crippen LogP contribution is 2.02. The molecule has 4 nitrogen and oxygen atoms in total. The fourth-order valence-electron chi connectivity index (χ4n) is 1.80. The third kappa shape index (κ3) is 10.5. The van der Waals surface area contributed by atoms with E-state index in [1.807, 2.05) is 0 Å². The molecule has 0 radical (unpaired) electrons. The van der Waals surface area contributed by atoms with Crippen molar-refractivity contribution in [2.75, 3.05) is 32.8 Å². The average Bonchev–Trinajstić information content (AvgIpc) is 2.31. The molecule has 4 heteroatoms. The van der Waals surface area contributed by atoms with Crippen LogP contribution in [-0.2, 0) is 4.74 Å². The molecule has 0 aliphatic carbocycles. The van der Waals surface area contributed by atoms with E-state index in [2.05, 4.69) is 31.7 Å². The van der Waals surface area contributed by atoms with E-state index in [0.29, 0.717) is 25.5 Å². The van der Waals surface area contributed by atoms with Crippen LogP contribution in [0.4, 0.5) is 0 Å². The Balaban J connectivity index is 3.86. The van der Waals surface area contributed by atoms with Gasteiger partial charge < -0.3 is 9.84 Å². The van der Waals surface area contributed by atoms with Gasteiger partial charge in [0.25, 0.3) is 0 Å². The molecule has 0 bridgehead atoms. The van der Waals surface area contributed by atoms with Crippen molar-refractivity contribution in [1.29, 1.82) is 5.26 Å². The highest BCUT2D eigenvalue weighted by molar-refractivity contribution is 4.74. The molecule has 106 valence electrons. The van der Waals surface area contributed by atoms with Crippen molar-refractivity contribution in [1.82, 2.24) is 4.90 Å². The number of aliphatic hydroxyl groups is 1. The number of nitriles is 1. The first-order valence-corrected chi connectivity index (χ1v) is 6.95. The van der Waals surface area contributed by atoms with Crippen LogP contribution in [0.2, 0.25) is 0 Å². The Morgan fingerprint density at radius 1 is 1.33 bits per heavy atom. The lowest BCUT2D eigenvalue weighted by Crippen LogP contribution is -2.37. The average molecular weight is 256 g/mol. The predicted molar refractivity (Wildman–Crippen MR) is 73.2 cm³/mol. The van der Waals surface area contributed by atoms with E-state index in [0.717, 1.165) is 32.5 Å². The molecule has 0 heterocycles. The van der Waals surface area contributed by atoms with Crippen LogP contribution < -0.4 is 0 Å². The van der Waals surface area contributed by atoms with Crippen LogP contribution in [0.15, 0.2) is 0 Å². The topological polar surface area (TPSA) is 56.5 Å². The summed E-state index contributed by atoms with van der Waals surface area (Å²) in [4.78, 5) is 2.14. The molecule has 0 aromatic rings. The Morgan fingerprint density at radius 3 is 2.61 bits per heavy atom. The second-order valence-corrected chi connectivity index (χ2v) is 5.14. The van der Waals surface area contributed by atoms with E-state index >= 15 is 0 Å². The van der Waals surface area contributed by atoms with Gasteiger partial charge in [0.1, 0.15) is 0 Å². The van der Waals surface area contributed by atoms with Gasteiger partial charge in [-0.15, -0.1) is 0 Å². The highest BCUT2D eigenvalue weighted by atomic mass is 16.5. The van der Waals surface area contributed by atoms with E-state index in [1.165, 1.54) is 0 Å². The van der Waals surface area contributed by atoms with Crippen molar-refractivity contribution >= 4 is 0 Å². The lowest BCUT2D eigenvalue weighted by atomic mass is 10.2. The van der Waals surface area contributed by atoms with Crippen LogP contribution in [0.1, 0.15) is 40.0 Å². The SMILES string of the molecule is CCCCOCC(O)CN(CCC#N)CC(C)C. The van der Waals surface area contributed by atoms with Gasteiger partial charge in [-0.1, -0.05) is 27.2 Å². The maximum absolute atomic E-state index is 9.88. The third-order valence-corrected chi connectivity index (χ3v) is 2.58. The molecule has 0 saturated heterocycles. The Bertz CT molecular complexity index is 226. The van der Waals surface area contributed by atoms with Crippen molar-refractivity contribution in [2.45, 2.75) is 46.1 Å². The summed E-state index contributed by atoms with van der Waals surface area (Å²) in [5, 5.41) is 18.5. The summed E-state index contributed by atoms with van der Waals surface area (Å²) in [5.41, 5.74) is 0. The molecule has 0 aliphatic heterocycles. The monoisotopic (exact) mass is 256 g/mol. The number of ether oxygens (including phenoxy) is 1. The molecule has 0 amide bonds. The Hall–Kier alpha value is -0.630. The number of hydrogen-bond donors (Lipinski definition) is 1. The first-order chi connectivity index (χ1) is 8.60. The van der Waals surface area contributed by atoms with Crippen molar-refractivity contribution in [3.8, 4) is 6.07 Å². The minimum Gasteiger partial charge on any atom is -0.389 e. The minimum absolute atomic E-state index is 0.390. The third-order valence-electron chi connectivity index (χ3n) is 2.58. The van der Waals surface area contributed by atoms with Gasteiger partial charge in [-0.05, 0) is 12.3 Å². The number of hydrogen-bond acceptors (Lipinski definition) is 4.